The van der Waals surface area contributed by atoms with Crippen LogP contribution < -0.4 is 14.4 Å². The van der Waals surface area contributed by atoms with Gasteiger partial charge in [-0.05, 0) is 79.6 Å². The number of hydrogen-bond acceptors (Lipinski definition) is 5. The van der Waals surface area contributed by atoms with Crippen LogP contribution in [0.5, 0.6) is 5.75 Å². The van der Waals surface area contributed by atoms with Crippen molar-refractivity contribution in [2.24, 2.45) is 0 Å². The predicted octanol–water partition coefficient (Wildman–Crippen LogP) is 4.81. The Labute approximate surface area is 205 Å². The summed E-state index contributed by atoms with van der Waals surface area (Å²) in [5.41, 5.74) is 2.79. The number of ether oxygens (including phenoxy) is 1. The molecule has 0 spiro atoms. The van der Waals surface area contributed by atoms with E-state index < -0.39 is 10.0 Å². The molecule has 0 bridgehead atoms. The molecule has 1 heterocycles. The highest BCUT2D eigenvalue weighted by Crippen LogP contribution is 2.32. The highest BCUT2D eigenvalue weighted by molar-refractivity contribution is 7.98. The van der Waals surface area contributed by atoms with E-state index in [4.69, 9.17) is 4.74 Å². The molecular formula is C26H28N2O4S2. The summed E-state index contributed by atoms with van der Waals surface area (Å²) in [4.78, 5) is 13.7. The van der Waals surface area contributed by atoms with Crippen molar-refractivity contribution in [2.75, 3.05) is 23.7 Å². The number of sulfonamides is 1. The molecule has 1 N–H and O–H groups in total. The number of anilines is 1. The van der Waals surface area contributed by atoms with Crippen LogP contribution >= 0.6 is 11.8 Å². The van der Waals surface area contributed by atoms with Gasteiger partial charge in [0.25, 0.3) is 15.9 Å². The minimum Gasteiger partial charge on any atom is -0.484 e. The van der Waals surface area contributed by atoms with Gasteiger partial charge >= 0.3 is 0 Å². The Morgan fingerprint density at radius 2 is 1.76 bits per heavy atom. The molecule has 34 heavy (non-hydrogen) atoms. The van der Waals surface area contributed by atoms with Crippen LogP contribution in [0.3, 0.4) is 0 Å². The van der Waals surface area contributed by atoms with Gasteiger partial charge in [-0.1, -0.05) is 30.3 Å². The third-order valence-electron chi connectivity index (χ3n) is 5.84. The molecule has 1 unspecified atom stereocenters. The maximum absolute atomic E-state index is 13.2. The number of nitrogens with one attached hydrogen (secondary N) is 1. The molecule has 3 aromatic carbocycles. The summed E-state index contributed by atoms with van der Waals surface area (Å²) in [5, 5.41) is 2.92. The van der Waals surface area contributed by atoms with Crippen LogP contribution in [0.1, 0.15) is 30.5 Å². The maximum atomic E-state index is 13.2. The van der Waals surface area contributed by atoms with Crippen molar-refractivity contribution >= 4 is 33.4 Å². The van der Waals surface area contributed by atoms with Crippen molar-refractivity contribution in [1.29, 1.82) is 0 Å². The van der Waals surface area contributed by atoms with Gasteiger partial charge in [0.2, 0.25) is 0 Å². The molecule has 1 aliphatic heterocycles. The Kier molecular flexibility index (Phi) is 7.48. The third kappa shape index (κ3) is 5.39. The highest BCUT2D eigenvalue weighted by Gasteiger charge is 2.28. The molecule has 8 heteroatoms. The molecule has 1 atom stereocenters. The van der Waals surface area contributed by atoms with Crippen molar-refractivity contribution in [1.82, 2.24) is 5.32 Å². The summed E-state index contributed by atoms with van der Waals surface area (Å²) >= 11 is 1.67. The minimum atomic E-state index is -3.68. The van der Waals surface area contributed by atoms with Crippen LogP contribution in [0.2, 0.25) is 0 Å². The van der Waals surface area contributed by atoms with Crippen LogP contribution in [-0.2, 0) is 21.2 Å². The van der Waals surface area contributed by atoms with Gasteiger partial charge in [0.05, 0.1) is 16.6 Å². The van der Waals surface area contributed by atoms with Gasteiger partial charge in [-0.15, -0.1) is 11.8 Å². The lowest BCUT2D eigenvalue weighted by Gasteiger charge is -2.30. The minimum absolute atomic E-state index is 0.146. The Morgan fingerprint density at radius 1 is 1.06 bits per heavy atom. The van der Waals surface area contributed by atoms with E-state index in [2.05, 4.69) is 5.32 Å². The largest absolute Gasteiger partial charge is 0.484 e. The van der Waals surface area contributed by atoms with Crippen LogP contribution in [0.25, 0.3) is 0 Å². The summed E-state index contributed by atoms with van der Waals surface area (Å²) in [7, 11) is -3.68. The molecule has 178 valence electrons. The molecule has 0 aliphatic carbocycles. The Bertz CT molecular complexity index is 1240. The van der Waals surface area contributed by atoms with Crippen molar-refractivity contribution in [3.63, 3.8) is 0 Å². The number of thioether (sulfide) groups is 1. The van der Waals surface area contributed by atoms with Gasteiger partial charge in [0.15, 0.2) is 6.61 Å². The Morgan fingerprint density at radius 3 is 2.47 bits per heavy atom. The van der Waals surface area contributed by atoms with Gasteiger partial charge in [0, 0.05) is 11.4 Å². The van der Waals surface area contributed by atoms with Gasteiger partial charge < -0.3 is 10.1 Å². The number of nitrogens with zero attached hydrogens (tertiary/aromatic N) is 1. The van der Waals surface area contributed by atoms with Crippen LogP contribution in [0.15, 0.2) is 82.6 Å². The van der Waals surface area contributed by atoms with Crippen LogP contribution in [-0.4, -0.2) is 33.7 Å². The van der Waals surface area contributed by atoms with Gasteiger partial charge in [-0.25, -0.2) is 8.42 Å². The second-order valence-electron chi connectivity index (χ2n) is 8.13. The molecule has 3 aromatic rings. The van der Waals surface area contributed by atoms with E-state index in [0.29, 0.717) is 12.3 Å². The van der Waals surface area contributed by atoms with Crippen molar-refractivity contribution in [2.45, 2.75) is 35.6 Å². The van der Waals surface area contributed by atoms with E-state index >= 15 is 0 Å². The summed E-state index contributed by atoms with van der Waals surface area (Å²) in [6.07, 6.45) is 3.68. The van der Waals surface area contributed by atoms with E-state index in [1.165, 1.54) is 21.3 Å². The monoisotopic (exact) mass is 496 g/mol. The lowest BCUT2D eigenvalue weighted by molar-refractivity contribution is -0.123. The molecule has 4 rings (SSSR count). The van der Waals surface area contributed by atoms with E-state index in [1.54, 1.807) is 23.9 Å². The van der Waals surface area contributed by atoms with Gasteiger partial charge in [-0.3, -0.25) is 9.10 Å². The summed E-state index contributed by atoms with van der Waals surface area (Å²) in [5.74, 6) is 0.188. The fraction of sp³-hybridized carbons (Fsp3) is 0.269. The van der Waals surface area contributed by atoms with Crippen molar-refractivity contribution in [3.8, 4) is 5.75 Å². The molecule has 0 saturated carbocycles. The number of carbonyl (C=O) groups excluding carboxylic acids is 1. The Balaban J connectivity index is 1.36. The molecule has 0 radical (unpaired) electrons. The lowest BCUT2D eigenvalue weighted by Crippen LogP contribution is -2.35. The lowest BCUT2D eigenvalue weighted by atomic mass is 10.0. The first-order valence-corrected chi connectivity index (χ1v) is 13.8. The summed E-state index contributed by atoms with van der Waals surface area (Å²) < 4.78 is 33.5. The van der Waals surface area contributed by atoms with Crippen LogP contribution in [0, 0.1) is 0 Å². The standard InChI is InChI=1S/C26H28N2O4S2/c1-19(20-9-13-23(33-2)14-10-20)27-26(29)18-32-22-11-15-24(16-12-22)34(30,31)28-17-5-7-21-6-3-4-8-25(21)28/h3-4,6,8-16,19H,5,7,17-18H2,1-2H3,(H,27,29). The molecule has 6 nitrogen and oxygen atoms in total. The average molecular weight is 497 g/mol. The first-order chi connectivity index (χ1) is 16.4. The topological polar surface area (TPSA) is 75.7 Å². The molecule has 0 saturated heterocycles. The molecule has 1 aliphatic rings. The van der Waals surface area contributed by atoms with Crippen molar-refractivity contribution < 1.29 is 17.9 Å². The first-order valence-electron chi connectivity index (χ1n) is 11.2. The molecule has 1 amide bonds. The number of fused-ring (bicyclic) bond motifs is 1. The van der Waals surface area contributed by atoms with E-state index in [1.807, 2.05) is 61.7 Å². The molecule has 0 fully saturated rings. The fourth-order valence-corrected chi connectivity index (χ4v) is 5.94. The normalized spacial score (nSPS) is 14.2. The second-order valence-corrected chi connectivity index (χ2v) is 10.9. The average Bonchev–Trinajstić information content (AvgIpc) is 2.87. The van der Waals surface area contributed by atoms with Crippen LogP contribution in [0.4, 0.5) is 5.69 Å². The summed E-state index contributed by atoms with van der Waals surface area (Å²) in [6.45, 7) is 2.22. The maximum Gasteiger partial charge on any atom is 0.264 e. The predicted molar refractivity (Wildman–Crippen MR) is 136 cm³/mol. The molecule has 0 aromatic heterocycles. The molecular weight excluding hydrogens is 468 g/mol. The quantitative estimate of drug-likeness (QED) is 0.453. The summed E-state index contributed by atoms with van der Waals surface area (Å²) in [6, 6.07) is 21.7. The number of para-hydroxylation sites is 1. The zero-order valence-electron chi connectivity index (χ0n) is 19.2. The zero-order valence-corrected chi connectivity index (χ0v) is 20.9. The highest BCUT2D eigenvalue weighted by atomic mass is 32.2. The third-order valence-corrected chi connectivity index (χ3v) is 8.41. The number of carbonyl (C=O) groups is 1. The van der Waals surface area contributed by atoms with E-state index in [9.17, 15) is 13.2 Å². The van der Waals surface area contributed by atoms with Gasteiger partial charge in [-0.2, -0.15) is 0 Å². The first kappa shape index (κ1) is 24.2. The zero-order chi connectivity index (χ0) is 24.1. The smallest absolute Gasteiger partial charge is 0.264 e. The second kappa shape index (κ2) is 10.5. The van der Waals surface area contributed by atoms with E-state index in [0.717, 1.165) is 29.7 Å². The number of rotatable bonds is 8. The number of aryl methyl sites for hydroxylation is 1. The number of hydrogen-bond donors (Lipinski definition) is 1. The number of amides is 1. The number of benzene rings is 3. The fourth-order valence-electron chi connectivity index (χ4n) is 3.99. The van der Waals surface area contributed by atoms with Crippen molar-refractivity contribution in [3.05, 3.63) is 83.9 Å². The van der Waals surface area contributed by atoms with E-state index in [-0.39, 0.29) is 23.5 Å². The SMILES string of the molecule is CSc1ccc(C(C)NC(=O)COc2ccc(S(=O)(=O)N3CCCc4ccccc43)cc2)cc1. The Hall–Kier alpha value is -2.97. The van der Waals surface area contributed by atoms with Gasteiger partial charge in [0.1, 0.15) is 5.75 Å².